The maximum absolute atomic E-state index is 4.60. The maximum Gasteiger partial charge on any atom is 0.222 e. The van der Waals surface area contributed by atoms with Gasteiger partial charge in [0.1, 0.15) is 5.69 Å². The number of pyridine rings is 1. The highest BCUT2D eigenvalue weighted by atomic mass is 15.4. The predicted octanol–water partition coefficient (Wildman–Crippen LogP) is 2.35. The van der Waals surface area contributed by atoms with E-state index in [-0.39, 0.29) is 0 Å². The summed E-state index contributed by atoms with van der Waals surface area (Å²) in [5.74, 6) is 2.12. The third kappa shape index (κ3) is 1.85. The molecule has 0 spiro atoms. The fourth-order valence-corrected chi connectivity index (χ4v) is 2.35. The molecule has 1 aliphatic heterocycles. The summed E-state index contributed by atoms with van der Waals surface area (Å²) in [6, 6.07) is 6.21. The van der Waals surface area contributed by atoms with Crippen molar-refractivity contribution in [3.05, 3.63) is 24.4 Å². The molecule has 0 aromatic carbocycles. The number of hydrogen-bond acceptors (Lipinski definition) is 4. The lowest BCUT2D eigenvalue weighted by Crippen LogP contribution is -2.27. The lowest BCUT2D eigenvalue weighted by Gasteiger charge is -2.27. The number of hydrogen-bond donors (Lipinski definition) is 1. The van der Waals surface area contributed by atoms with E-state index in [0.717, 1.165) is 24.6 Å². The summed E-state index contributed by atoms with van der Waals surface area (Å²) in [5, 5.41) is 7.90. The molecule has 5 heteroatoms. The minimum absolute atomic E-state index is 0.422. The first-order chi connectivity index (χ1) is 8.75. The van der Waals surface area contributed by atoms with Crippen LogP contribution >= 0.6 is 0 Å². The van der Waals surface area contributed by atoms with Crippen LogP contribution in [0.3, 0.4) is 0 Å². The molecule has 3 heterocycles. The molecule has 2 aromatic heterocycles. The molecule has 94 valence electrons. The summed E-state index contributed by atoms with van der Waals surface area (Å²) in [6.07, 6.45) is 2.86. The Kier molecular flexibility index (Phi) is 2.74. The highest BCUT2D eigenvalue weighted by molar-refractivity contribution is 5.51. The van der Waals surface area contributed by atoms with Gasteiger partial charge in [-0.15, -0.1) is 5.10 Å². The predicted molar refractivity (Wildman–Crippen MR) is 70.2 cm³/mol. The van der Waals surface area contributed by atoms with Crippen molar-refractivity contribution in [3.63, 3.8) is 0 Å². The highest BCUT2D eigenvalue weighted by Crippen LogP contribution is 2.29. The van der Waals surface area contributed by atoms with Crippen LogP contribution in [0, 0.1) is 5.92 Å². The Balaban J connectivity index is 2.01. The molecular formula is C13H17N5. The summed E-state index contributed by atoms with van der Waals surface area (Å²) < 4.78 is 2.01. The van der Waals surface area contributed by atoms with Crippen LogP contribution in [0.5, 0.6) is 0 Å². The topological polar surface area (TPSA) is 55.6 Å². The molecule has 1 unspecified atom stereocenters. The molecule has 0 saturated carbocycles. The van der Waals surface area contributed by atoms with E-state index in [0.29, 0.717) is 17.8 Å². The third-order valence-electron chi connectivity index (χ3n) is 3.33. The molecule has 1 atom stereocenters. The Morgan fingerprint density at radius 3 is 3.00 bits per heavy atom. The molecule has 0 aliphatic carbocycles. The van der Waals surface area contributed by atoms with Crippen molar-refractivity contribution in [1.29, 1.82) is 0 Å². The normalized spacial score (nSPS) is 18.5. The van der Waals surface area contributed by atoms with Gasteiger partial charge in [-0.25, -0.2) is 4.68 Å². The van der Waals surface area contributed by atoms with Crippen LogP contribution in [0.2, 0.25) is 0 Å². The van der Waals surface area contributed by atoms with E-state index in [2.05, 4.69) is 34.2 Å². The van der Waals surface area contributed by atoms with Crippen LogP contribution in [0.25, 0.3) is 11.5 Å². The zero-order valence-corrected chi connectivity index (χ0v) is 10.7. The molecule has 0 saturated heterocycles. The van der Waals surface area contributed by atoms with Crippen LogP contribution in [0.15, 0.2) is 24.4 Å². The first-order valence-corrected chi connectivity index (χ1v) is 6.37. The maximum atomic E-state index is 4.60. The average molecular weight is 243 g/mol. The van der Waals surface area contributed by atoms with Crippen LogP contribution in [0.1, 0.15) is 26.3 Å². The number of aromatic nitrogens is 4. The SMILES string of the molecule is CC(C)C1CCNc2nc(-c3ccccn3)nn21. The third-order valence-corrected chi connectivity index (χ3v) is 3.33. The van der Waals surface area contributed by atoms with Crippen molar-refractivity contribution >= 4 is 5.95 Å². The van der Waals surface area contributed by atoms with Crippen LogP contribution in [-0.4, -0.2) is 26.3 Å². The minimum atomic E-state index is 0.422. The number of nitrogens with zero attached hydrogens (tertiary/aromatic N) is 4. The van der Waals surface area contributed by atoms with E-state index in [1.54, 1.807) is 6.20 Å². The second-order valence-electron chi connectivity index (χ2n) is 4.95. The smallest absolute Gasteiger partial charge is 0.222 e. The molecular weight excluding hydrogens is 226 g/mol. The van der Waals surface area contributed by atoms with Gasteiger partial charge in [0.2, 0.25) is 11.8 Å². The average Bonchev–Trinajstić information content (AvgIpc) is 2.83. The molecule has 1 N–H and O–H groups in total. The first kappa shape index (κ1) is 11.2. The Hall–Kier alpha value is -1.91. The molecule has 0 amide bonds. The van der Waals surface area contributed by atoms with Gasteiger partial charge in [0, 0.05) is 12.7 Å². The Morgan fingerprint density at radius 1 is 1.39 bits per heavy atom. The molecule has 0 fully saturated rings. The summed E-state index contributed by atoms with van der Waals surface area (Å²) in [4.78, 5) is 8.83. The first-order valence-electron chi connectivity index (χ1n) is 6.37. The second kappa shape index (κ2) is 4.40. The van der Waals surface area contributed by atoms with E-state index in [4.69, 9.17) is 0 Å². The van der Waals surface area contributed by atoms with Crippen LogP contribution < -0.4 is 5.32 Å². The molecule has 2 aromatic rings. The van der Waals surface area contributed by atoms with Gasteiger partial charge >= 0.3 is 0 Å². The van der Waals surface area contributed by atoms with Crippen molar-refractivity contribution in [2.24, 2.45) is 5.92 Å². The Bertz CT molecular complexity index is 532. The van der Waals surface area contributed by atoms with Gasteiger partial charge in [0.25, 0.3) is 0 Å². The monoisotopic (exact) mass is 243 g/mol. The number of fused-ring (bicyclic) bond motifs is 1. The fourth-order valence-electron chi connectivity index (χ4n) is 2.35. The Morgan fingerprint density at radius 2 is 2.28 bits per heavy atom. The summed E-state index contributed by atoms with van der Waals surface area (Å²) in [5.41, 5.74) is 0.823. The zero-order chi connectivity index (χ0) is 12.5. The summed E-state index contributed by atoms with van der Waals surface area (Å²) >= 11 is 0. The van der Waals surface area contributed by atoms with Gasteiger partial charge in [-0.1, -0.05) is 19.9 Å². The van der Waals surface area contributed by atoms with Crippen molar-refractivity contribution in [2.45, 2.75) is 26.3 Å². The van der Waals surface area contributed by atoms with Crippen molar-refractivity contribution in [1.82, 2.24) is 19.7 Å². The largest absolute Gasteiger partial charge is 0.354 e. The molecule has 0 radical (unpaired) electrons. The van der Waals surface area contributed by atoms with Gasteiger partial charge in [-0.05, 0) is 24.5 Å². The van der Waals surface area contributed by atoms with E-state index < -0.39 is 0 Å². The van der Waals surface area contributed by atoms with E-state index >= 15 is 0 Å². The zero-order valence-electron chi connectivity index (χ0n) is 10.7. The van der Waals surface area contributed by atoms with Crippen molar-refractivity contribution < 1.29 is 0 Å². The van der Waals surface area contributed by atoms with Crippen LogP contribution in [-0.2, 0) is 0 Å². The number of anilines is 1. The summed E-state index contributed by atoms with van der Waals surface area (Å²) in [6.45, 7) is 5.41. The minimum Gasteiger partial charge on any atom is -0.354 e. The van der Waals surface area contributed by atoms with E-state index in [1.807, 2.05) is 22.9 Å². The van der Waals surface area contributed by atoms with Crippen LogP contribution in [0.4, 0.5) is 5.95 Å². The molecule has 1 aliphatic rings. The fraction of sp³-hybridized carbons (Fsp3) is 0.462. The lowest BCUT2D eigenvalue weighted by atomic mass is 10.0. The quantitative estimate of drug-likeness (QED) is 0.879. The van der Waals surface area contributed by atoms with Crippen molar-refractivity contribution in [2.75, 3.05) is 11.9 Å². The summed E-state index contributed by atoms with van der Waals surface area (Å²) in [7, 11) is 0. The van der Waals surface area contributed by atoms with Gasteiger partial charge < -0.3 is 5.32 Å². The molecule has 0 bridgehead atoms. The second-order valence-corrected chi connectivity index (χ2v) is 4.95. The Labute approximate surface area is 106 Å². The molecule has 5 nitrogen and oxygen atoms in total. The highest BCUT2D eigenvalue weighted by Gasteiger charge is 2.25. The van der Waals surface area contributed by atoms with E-state index in [9.17, 15) is 0 Å². The van der Waals surface area contributed by atoms with Gasteiger partial charge in [0.05, 0.1) is 6.04 Å². The van der Waals surface area contributed by atoms with Gasteiger partial charge in [-0.2, -0.15) is 4.98 Å². The molecule has 18 heavy (non-hydrogen) atoms. The number of rotatable bonds is 2. The van der Waals surface area contributed by atoms with Gasteiger partial charge in [0.15, 0.2) is 0 Å². The number of nitrogens with one attached hydrogen (secondary N) is 1. The van der Waals surface area contributed by atoms with E-state index in [1.165, 1.54) is 0 Å². The molecule has 3 rings (SSSR count). The standard InChI is InChI=1S/C13H17N5/c1-9(2)11-6-8-15-13-16-12(17-18(11)13)10-5-3-4-7-14-10/h3-5,7,9,11H,6,8H2,1-2H3,(H,15,16,17). The lowest BCUT2D eigenvalue weighted by molar-refractivity contribution is 0.322. The van der Waals surface area contributed by atoms with Gasteiger partial charge in [-0.3, -0.25) is 4.98 Å². The van der Waals surface area contributed by atoms with Crippen molar-refractivity contribution in [3.8, 4) is 11.5 Å².